The second-order valence-corrected chi connectivity index (χ2v) is 13.9. The fourth-order valence-electron chi connectivity index (χ4n) is 5.74. The highest BCUT2D eigenvalue weighted by atomic mass is 32.2. The molecule has 1 heterocycles. The maximum atomic E-state index is 14.0. The molecule has 0 unspecified atom stereocenters. The Hall–Kier alpha value is -4.99. The summed E-state index contributed by atoms with van der Waals surface area (Å²) in [6.07, 6.45) is 0. The highest BCUT2D eigenvalue weighted by Crippen LogP contribution is 2.35. The average Bonchev–Trinajstić information content (AvgIpc) is 3.05. The van der Waals surface area contributed by atoms with Crippen LogP contribution in [-0.4, -0.2) is 48.3 Å². The Morgan fingerprint density at radius 1 is 0.625 bits per heavy atom. The number of nitrogens with zero attached hydrogens (tertiary/aromatic N) is 2. The number of methoxy groups -OCH3 is 1. The Morgan fingerprint density at radius 3 is 1.77 bits per heavy atom. The van der Waals surface area contributed by atoms with Gasteiger partial charge in [0, 0.05) is 37.2 Å². The summed E-state index contributed by atoms with van der Waals surface area (Å²) in [7, 11) is -8.80. The molecule has 0 atom stereocenters. The van der Waals surface area contributed by atoms with E-state index < -0.39 is 89.8 Å². The number of ether oxygens (including phenoxy) is 1. The molecule has 0 spiro atoms. The van der Waals surface area contributed by atoms with Crippen molar-refractivity contribution in [1.29, 1.82) is 0 Å². The van der Waals surface area contributed by atoms with E-state index in [1.165, 1.54) is 25.3 Å². The van der Waals surface area contributed by atoms with Crippen molar-refractivity contribution in [2.24, 2.45) is 0 Å². The summed E-state index contributed by atoms with van der Waals surface area (Å²) >= 11 is 0.505. The van der Waals surface area contributed by atoms with E-state index in [0.29, 0.717) is 12.0 Å². The van der Waals surface area contributed by atoms with Crippen LogP contribution in [0.2, 0.25) is 0 Å². The molecule has 16 nitrogen and oxygen atoms in total. The summed E-state index contributed by atoms with van der Waals surface area (Å²) in [5.41, 5.74) is -5.16. The number of fused-ring (bicyclic) bond motifs is 8. The van der Waals surface area contributed by atoms with Crippen LogP contribution in [0, 0.1) is 0 Å². The molecule has 3 N–H and O–H groups in total. The van der Waals surface area contributed by atoms with Gasteiger partial charge >= 0.3 is 0 Å². The molecule has 0 aliphatic heterocycles. The molecule has 7 aromatic rings. The first-order valence-corrected chi connectivity index (χ1v) is 16.7. The molecular weight excluding hydrogens is 697 g/mol. The first kappa shape index (κ1) is 31.6. The molecule has 1 aromatic heterocycles. The van der Waals surface area contributed by atoms with E-state index in [0.717, 1.165) is 30.3 Å². The molecule has 19 heteroatoms. The lowest BCUT2D eigenvalue weighted by Crippen LogP contribution is -2.17. The summed E-state index contributed by atoms with van der Waals surface area (Å²) in [5, 5.41) is 9.59. The van der Waals surface area contributed by atoms with E-state index in [-0.39, 0.29) is 37.7 Å². The van der Waals surface area contributed by atoms with Gasteiger partial charge in [0.15, 0.2) is 21.7 Å². The maximum absolute atomic E-state index is 14.0. The van der Waals surface area contributed by atoms with E-state index in [4.69, 9.17) is 9.99 Å². The number of benzene rings is 6. The molecule has 0 saturated carbocycles. The first-order chi connectivity index (χ1) is 22.6. The smallest absolute Gasteiger partial charge is 0.296 e. The van der Waals surface area contributed by atoms with E-state index in [2.05, 4.69) is 19.3 Å². The van der Waals surface area contributed by atoms with Gasteiger partial charge in [0.1, 0.15) is 32.7 Å². The average molecular weight is 711 g/mol. The highest BCUT2D eigenvalue weighted by Gasteiger charge is 2.27. The van der Waals surface area contributed by atoms with Crippen molar-refractivity contribution in [3.05, 3.63) is 89.4 Å². The summed E-state index contributed by atoms with van der Waals surface area (Å²) in [6, 6.07) is 8.54. The number of aromatic nitrogens is 2. The van der Waals surface area contributed by atoms with Gasteiger partial charge < -0.3 is 4.74 Å². The Balaban J connectivity index is 1.73. The van der Waals surface area contributed by atoms with Gasteiger partial charge in [-0.1, -0.05) is 5.04 Å². The van der Waals surface area contributed by atoms with E-state index in [1.54, 1.807) is 0 Å². The third-order valence-corrected chi connectivity index (χ3v) is 10.1. The van der Waals surface area contributed by atoms with Crippen molar-refractivity contribution in [2.45, 2.75) is 14.7 Å². The van der Waals surface area contributed by atoms with Gasteiger partial charge in [-0.2, -0.15) is 16.8 Å². The molecule has 0 amide bonds. The predicted molar refractivity (Wildman–Crippen MR) is 171 cm³/mol. The Bertz CT molecular complexity index is 3070. The lowest BCUT2D eigenvalue weighted by atomic mass is 9.99. The maximum Gasteiger partial charge on any atom is 0.296 e. The Kier molecular flexibility index (Phi) is 7.09. The third kappa shape index (κ3) is 4.64. The molecule has 6 aromatic carbocycles. The van der Waals surface area contributed by atoms with Gasteiger partial charge in [0.25, 0.3) is 20.2 Å². The summed E-state index contributed by atoms with van der Waals surface area (Å²) < 4.78 is 78.6. The van der Waals surface area contributed by atoms with Crippen molar-refractivity contribution < 1.29 is 45.3 Å². The van der Waals surface area contributed by atoms with Crippen molar-refractivity contribution in [3.8, 4) is 5.75 Å². The van der Waals surface area contributed by atoms with Crippen LogP contribution in [-0.2, 0) is 29.6 Å². The number of hydrogen-bond acceptors (Lipinski definition) is 15. The van der Waals surface area contributed by atoms with E-state index >= 15 is 0 Å². The topological polar surface area (TPSA) is 251 Å². The van der Waals surface area contributed by atoms with E-state index in [1.807, 2.05) is 0 Å². The van der Waals surface area contributed by atoms with Crippen LogP contribution in [0.1, 0.15) is 0 Å². The minimum Gasteiger partial charge on any atom is -0.494 e. The van der Waals surface area contributed by atoms with Gasteiger partial charge in [0.05, 0.1) is 34.8 Å². The van der Waals surface area contributed by atoms with Gasteiger partial charge in [-0.15, -0.1) is 4.33 Å². The molecule has 0 aliphatic rings. The number of rotatable bonds is 6. The summed E-state index contributed by atoms with van der Waals surface area (Å²) in [6.45, 7) is 0. The zero-order valence-electron chi connectivity index (χ0n) is 23.6. The van der Waals surface area contributed by atoms with Crippen LogP contribution in [0.3, 0.4) is 0 Å². The fourth-order valence-corrected chi connectivity index (χ4v) is 7.30. The molecule has 48 heavy (non-hydrogen) atoms. The van der Waals surface area contributed by atoms with Crippen molar-refractivity contribution in [2.75, 3.05) is 7.11 Å². The van der Waals surface area contributed by atoms with Crippen LogP contribution in [0.4, 0.5) is 0 Å². The normalized spacial score (nSPS) is 12.7. The van der Waals surface area contributed by atoms with E-state index in [9.17, 15) is 45.1 Å². The molecule has 0 radical (unpaired) electrons. The van der Waals surface area contributed by atoms with Crippen LogP contribution >= 0.6 is 12.0 Å². The molecule has 0 aliphatic carbocycles. The molecule has 7 rings (SSSR count). The quantitative estimate of drug-likeness (QED) is 0.0560. The molecule has 0 fully saturated rings. The van der Waals surface area contributed by atoms with Crippen molar-refractivity contribution >= 4 is 97.4 Å². The molecule has 0 bridgehead atoms. The third-order valence-electron chi connectivity index (χ3n) is 7.79. The van der Waals surface area contributed by atoms with Gasteiger partial charge in [-0.3, -0.25) is 28.3 Å². The predicted octanol–water partition coefficient (Wildman–Crippen LogP) is 2.64. The largest absolute Gasteiger partial charge is 0.494 e. The molecular formula is C29H14N2O14S3. The standard InChI is InChI=1S/C29H14N2O14S3/c1-43-18-8-16-20(29(35)15-7-11(47(37,38)39)3-5-13(15)26(16)32)24-22(18)30-25-21-17(9-19(23(25)31-24)48(40,41)42)27(33)12-4-2-10(46-45-44-36)6-14(12)28(21)34/h2-9,36H,1H3,(H,37,38,39)(H,40,41,42). The summed E-state index contributed by atoms with van der Waals surface area (Å²) in [4.78, 5) is 62.4. The SMILES string of the molecule is COc1cc2c(=O)c3ccc(S(=O)(=O)O)cc3c(=O)c2c2nc3c(S(=O)(=O)O)cc4c(=O)c5ccc(SOOO)cc5c(=O)c4c3nc12. The van der Waals surface area contributed by atoms with Crippen molar-refractivity contribution in [1.82, 2.24) is 9.97 Å². The van der Waals surface area contributed by atoms with Crippen LogP contribution in [0.15, 0.2) is 82.4 Å². The molecule has 0 saturated heterocycles. The lowest BCUT2D eigenvalue weighted by molar-refractivity contribution is -0.432. The fraction of sp³-hybridized carbons (Fsp3) is 0.0345. The van der Waals surface area contributed by atoms with Gasteiger partial charge in [0.2, 0.25) is 0 Å². The van der Waals surface area contributed by atoms with Crippen LogP contribution in [0.25, 0.3) is 65.2 Å². The monoisotopic (exact) mass is 710 g/mol. The second kappa shape index (κ2) is 10.8. The Morgan fingerprint density at radius 2 is 1.19 bits per heavy atom. The number of hydrogen-bond donors (Lipinski definition) is 3. The van der Waals surface area contributed by atoms with Gasteiger partial charge in [-0.25, -0.2) is 15.2 Å². The lowest BCUT2D eigenvalue weighted by Gasteiger charge is -2.13. The minimum absolute atomic E-state index is 0.130. The highest BCUT2D eigenvalue weighted by molar-refractivity contribution is 7.94. The van der Waals surface area contributed by atoms with Gasteiger partial charge in [-0.05, 0) is 48.5 Å². The van der Waals surface area contributed by atoms with Crippen molar-refractivity contribution in [3.63, 3.8) is 0 Å². The first-order valence-electron chi connectivity index (χ1n) is 13.1. The zero-order chi connectivity index (χ0) is 34.4. The Labute approximate surface area is 269 Å². The summed E-state index contributed by atoms with van der Waals surface area (Å²) in [5.74, 6) is -0.155. The van der Waals surface area contributed by atoms with Crippen LogP contribution < -0.4 is 26.5 Å². The second-order valence-electron chi connectivity index (χ2n) is 10.3. The van der Waals surface area contributed by atoms with Crippen LogP contribution in [0.5, 0.6) is 5.75 Å². The minimum atomic E-state index is -5.20. The molecule has 242 valence electrons. The zero-order valence-corrected chi connectivity index (χ0v) is 26.0.